The van der Waals surface area contributed by atoms with Crippen LogP contribution < -0.4 is 0 Å². The van der Waals surface area contributed by atoms with E-state index in [0.717, 1.165) is 11.1 Å². The first-order chi connectivity index (χ1) is 19.0. The molecule has 0 aromatic rings. The number of aliphatic hydroxyl groups excluding tert-OH is 5. The lowest BCUT2D eigenvalue weighted by atomic mass is 9.50. The molecule has 11 heteroatoms. The largest absolute Gasteiger partial charge is 0.458 e. The Labute approximate surface area is 241 Å². The number of carbonyl (C=O) groups is 2. The summed E-state index contributed by atoms with van der Waals surface area (Å²) in [6, 6.07) is 0. The monoisotopic (exact) mass is 582 g/mol. The highest BCUT2D eigenvalue weighted by molar-refractivity contribution is 5.68. The molecule has 3 fully saturated rings. The van der Waals surface area contributed by atoms with Gasteiger partial charge in [0.1, 0.15) is 30.5 Å². The average molecular weight is 583 g/mol. The summed E-state index contributed by atoms with van der Waals surface area (Å²) >= 11 is 0. The first-order valence-corrected chi connectivity index (χ1v) is 14.4. The lowest BCUT2D eigenvalue weighted by Crippen LogP contribution is -2.61. The van der Waals surface area contributed by atoms with Crippen LogP contribution in [0.3, 0.4) is 0 Å². The van der Waals surface area contributed by atoms with Crippen molar-refractivity contribution < 1.29 is 54.1 Å². The zero-order valence-electron chi connectivity index (χ0n) is 24.8. The summed E-state index contributed by atoms with van der Waals surface area (Å²) in [7, 11) is 0. The van der Waals surface area contributed by atoms with E-state index in [4.69, 9.17) is 18.9 Å². The highest BCUT2D eigenvalue weighted by Gasteiger charge is 2.60. The number of aliphatic hydroxyl groups is 5. The predicted octanol–water partition coefficient (Wildman–Crippen LogP) is 1.13. The van der Waals surface area contributed by atoms with E-state index in [0.29, 0.717) is 31.3 Å². The first kappa shape index (κ1) is 32.1. The maximum Gasteiger partial charge on any atom is 0.303 e. The third kappa shape index (κ3) is 5.62. The second-order valence-corrected chi connectivity index (χ2v) is 13.1. The molecule has 1 heterocycles. The van der Waals surface area contributed by atoms with Gasteiger partial charge in [0.2, 0.25) is 0 Å². The number of carbonyl (C=O) groups excluding carboxylic acids is 2. The van der Waals surface area contributed by atoms with Crippen molar-refractivity contribution in [2.75, 3.05) is 6.61 Å². The minimum atomic E-state index is -1.58. The van der Waals surface area contributed by atoms with Crippen molar-refractivity contribution in [1.82, 2.24) is 0 Å². The molecule has 5 N–H and O–H groups in total. The molecule has 12 atom stereocenters. The number of rotatable bonds is 5. The van der Waals surface area contributed by atoms with Crippen LogP contribution in [-0.2, 0) is 28.5 Å². The summed E-state index contributed by atoms with van der Waals surface area (Å²) in [4.78, 5) is 25.0. The van der Waals surface area contributed by atoms with Crippen LogP contribution in [0.1, 0.15) is 67.2 Å². The topological polar surface area (TPSA) is 172 Å². The second-order valence-electron chi connectivity index (χ2n) is 13.1. The molecule has 4 aliphatic rings. The number of ether oxygens (including phenoxy) is 4. The molecule has 1 saturated heterocycles. The van der Waals surface area contributed by atoms with Gasteiger partial charge in [-0.3, -0.25) is 9.59 Å². The van der Waals surface area contributed by atoms with E-state index in [9.17, 15) is 35.1 Å². The Hall–Kier alpha value is -1.86. The third-order valence-corrected chi connectivity index (χ3v) is 10.2. The molecule has 0 aromatic carbocycles. The van der Waals surface area contributed by atoms with Crippen molar-refractivity contribution in [2.45, 2.75) is 122 Å². The van der Waals surface area contributed by atoms with Crippen molar-refractivity contribution >= 4 is 11.9 Å². The van der Waals surface area contributed by atoms with Gasteiger partial charge in [-0.1, -0.05) is 27.4 Å². The predicted molar refractivity (Wildman–Crippen MR) is 145 cm³/mol. The molecule has 232 valence electrons. The van der Waals surface area contributed by atoms with Crippen LogP contribution in [0.5, 0.6) is 0 Å². The molecule has 41 heavy (non-hydrogen) atoms. The van der Waals surface area contributed by atoms with Crippen molar-refractivity contribution in [3.63, 3.8) is 0 Å². The van der Waals surface area contributed by atoms with Gasteiger partial charge in [-0.25, -0.2) is 0 Å². The Morgan fingerprint density at radius 3 is 2.22 bits per heavy atom. The van der Waals surface area contributed by atoms with Crippen LogP contribution in [-0.4, -0.2) is 99.2 Å². The van der Waals surface area contributed by atoms with E-state index < -0.39 is 84.5 Å². The van der Waals surface area contributed by atoms with Crippen molar-refractivity contribution in [2.24, 2.45) is 22.7 Å². The van der Waals surface area contributed by atoms with E-state index in [2.05, 4.69) is 20.4 Å². The van der Waals surface area contributed by atoms with Gasteiger partial charge in [-0.15, -0.1) is 0 Å². The summed E-state index contributed by atoms with van der Waals surface area (Å²) < 4.78 is 23.8. The van der Waals surface area contributed by atoms with Crippen LogP contribution in [0.2, 0.25) is 0 Å². The minimum absolute atomic E-state index is 0.0420. The average Bonchev–Trinajstić information content (AvgIpc) is 2.88. The summed E-state index contributed by atoms with van der Waals surface area (Å²) in [5.74, 6) is -1.41. The molecule has 11 nitrogen and oxygen atoms in total. The Kier molecular flexibility index (Phi) is 9.13. The summed E-state index contributed by atoms with van der Waals surface area (Å²) in [6.07, 6.45) is -8.35. The maximum absolute atomic E-state index is 12.5. The molecule has 12 unspecified atom stereocenters. The Morgan fingerprint density at radius 2 is 1.63 bits per heavy atom. The lowest BCUT2D eigenvalue weighted by Gasteiger charge is -2.58. The van der Waals surface area contributed by atoms with Gasteiger partial charge in [0.05, 0.1) is 18.8 Å². The zero-order valence-corrected chi connectivity index (χ0v) is 24.8. The third-order valence-electron chi connectivity index (χ3n) is 10.2. The van der Waals surface area contributed by atoms with Crippen LogP contribution in [0, 0.1) is 22.7 Å². The number of hydrogen-bond acceptors (Lipinski definition) is 11. The summed E-state index contributed by atoms with van der Waals surface area (Å²) in [5, 5.41) is 51.7. The van der Waals surface area contributed by atoms with Crippen LogP contribution in [0.25, 0.3) is 0 Å². The highest BCUT2D eigenvalue weighted by atomic mass is 16.7. The smallest absolute Gasteiger partial charge is 0.303 e. The molecule has 0 spiro atoms. The molecule has 0 radical (unpaired) electrons. The van der Waals surface area contributed by atoms with E-state index >= 15 is 0 Å². The van der Waals surface area contributed by atoms with Crippen molar-refractivity contribution in [3.05, 3.63) is 23.3 Å². The van der Waals surface area contributed by atoms with Gasteiger partial charge < -0.3 is 44.5 Å². The number of fused-ring (bicyclic) bond motifs is 3. The van der Waals surface area contributed by atoms with Crippen molar-refractivity contribution in [1.29, 1.82) is 0 Å². The fourth-order valence-corrected chi connectivity index (χ4v) is 7.79. The van der Waals surface area contributed by atoms with E-state index in [1.807, 2.05) is 13.8 Å². The molecule has 0 amide bonds. The fourth-order valence-electron chi connectivity index (χ4n) is 7.79. The van der Waals surface area contributed by atoms with E-state index in [1.165, 1.54) is 13.8 Å². The molecule has 1 aliphatic heterocycles. The maximum atomic E-state index is 12.5. The quantitative estimate of drug-likeness (QED) is 0.232. The van der Waals surface area contributed by atoms with Gasteiger partial charge in [0.25, 0.3) is 0 Å². The molecule has 2 saturated carbocycles. The standard InChI is InChI=1S/C30H46O11/c1-13-18-10-17-11-19(34)14(2)22(29(17,5)6)26(38-15(3)32)27(39-16(4)33)30(18,7)9-8-20(13)40-28-25(37)24(36)23(35)21(12-31)41-28/h17-21,23-28,31,34-37H,1,8-12H2,2-7H3. The Balaban J connectivity index is 1.76. The molecular formula is C30H46O11. The SMILES string of the molecule is C=C1C(OC2OC(CO)C(O)C(O)C2O)CCC2(C)C1CC1CC(O)C(C)=C(C(OC(C)=O)C2OC(C)=O)C1(C)C. The first-order valence-electron chi connectivity index (χ1n) is 14.4. The van der Waals surface area contributed by atoms with Gasteiger partial charge in [-0.2, -0.15) is 0 Å². The van der Waals surface area contributed by atoms with Gasteiger partial charge in [-0.05, 0) is 66.6 Å². The fraction of sp³-hybridized carbons (Fsp3) is 0.800. The minimum Gasteiger partial charge on any atom is -0.458 e. The zero-order chi connectivity index (χ0) is 30.6. The summed E-state index contributed by atoms with van der Waals surface area (Å²) in [5.41, 5.74) is 0.896. The second kappa shape index (κ2) is 11.7. The van der Waals surface area contributed by atoms with Crippen LogP contribution in [0.15, 0.2) is 23.3 Å². The highest BCUT2D eigenvalue weighted by Crippen LogP contribution is 2.60. The number of hydrogen-bond donors (Lipinski definition) is 5. The van der Waals surface area contributed by atoms with Gasteiger partial charge in [0.15, 0.2) is 12.4 Å². The summed E-state index contributed by atoms with van der Waals surface area (Å²) in [6.45, 7) is 14.4. The Morgan fingerprint density at radius 1 is 1.00 bits per heavy atom. The molecule has 4 rings (SSSR count). The Bertz CT molecular complexity index is 1070. The van der Waals surface area contributed by atoms with Gasteiger partial charge in [0, 0.05) is 19.3 Å². The lowest BCUT2D eigenvalue weighted by molar-refractivity contribution is -0.311. The van der Waals surface area contributed by atoms with E-state index in [-0.39, 0.29) is 11.8 Å². The van der Waals surface area contributed by atoms with Crippen LogP contribution in [0.4, 0.5) is 0 Å². The molecule has 2 bridgehead atoms. The molecule has 3 aliphatic carbocycles. The van der Waals surface area contributed by atoms with Crippen molar-refractivity contribution in [3.8, 4) is 0 Å². The molecule has 0 aromatic heterocycles. The van der Waals surface area contributed by atoms with E-state index in [1.54, 1.807) is 0 Å². The number of esters is 2. The normalized spacial score (nSPS) is 44.4. The molecular weight excluding hydrogens is 536 g/mol. The van der Waals surface area contributed by atoms with Crippen LogP contribution >= 0.6 is 0 Å². The van der Waals surface area contributed by atoms with Gasteiger partial charge >= 0.3 is 11.9 Å².